The Balaban J connectivity index is 2.02. The minimum absolute atomic E-state index is 0.222. The highest BCUT2D eigenvalue weighted by Gasteiger charge is 2.10. The van der Waals surface area contributed by atoms with Gasteiger partial charge in [-0.15, -0.1) is 5.10 Å². The van der Waals surface area contributed by atoms with Crippen molar-refractivity contribution >= 4 is 34.7 Å². The zero-order chi connectivity index (χ0) is 11.8. The topological polar surface area (TPSA) is 77.0 Å². The normalized spacial score (nSPS) is 10.9. The summed E-state index contributed by atoms with van der Waals surface area (Å²) in [5, 5.41) is 10.6. The maximum atomic E-state index is 5.99. The first-order valence-corrected chi connectivity index (χ1v) is 5.20. The largest absolute Gasteiger partial charge is 0.423 e. The van der Waals surface area contributed by atoms with Crippen molar-refractivity contribution in [1.29, 1.82) is 0 Å². The number of benzene rings is 1. The molecule has 7 heteroatoms. The molecule has 0 bridgehead atoms. The lowest BCUT2D eigenvalue weighted by Gasteiger charge is -1.93. The number of nitrogens with zero attached hydrogens (tertiary/aromatic N) is 3. The SMILES string of the molecule is Cc1cc2nc(Nc3nnco3)oc2cc1Cl. The van der Waals surface area contributed by atoms with E-state index < -0.39 is 0 Å². The number of anilines is 2. The number of hydrogen-bond donors (Lipinski definition) is 1. The van der Waals surface area contributed by atoms with E-state index in [1.54, 1.807) is 6.07 Å². The molecule has 0 aliphatic carbocycles. The first kappa shape index (κ1) is 10.1. The monoisotopic (exact) mass is 250 g/mol. The predicted molar refractivity (Wildman–Crippen MR) is 61.3 cm³/mol. The molecule has 6 nitrogen and oxygen atoms in total. The Morgan fingerprint density at radius 3 is 2.94 bits per heavy atom. The summed E-state index contributed by atoms with van der Waals surface area (Å²) in [6.45, 7) is 1.90. The van der Waals surface area contributed by atoms with Gasteiger partial charge < -0.3 is 8.83 Å². The number of rotatable bonds is 2. The van der Waals surface area contributed by atoms with Gasteiger partial charge in [0.1, 0.15) is 5.52 Å². The van der Waals surface area contributed by atoms with Crippen molar-refractivity contribution in [2.24, 2.45) is 0 Å². The molecule has 2 aromatic heterocycles. The van der Waals surface area contributed by atoms with E-state index in [-0.39, 0.29) is 12.0 Å². The minimum Gasteiger partial charge on any atom is -0.423 e. The average molecular weight is 251 g/mol. The van der Waals surface area contributed by atoms with Crippen molar-refractivity contribution in [3.8, 4) is 0 Å². The van der Waals surface area contributed by atoms with Crippen LogP contribution < -0.4 is 5.32 Å². The molecule has 0 fully saturated rings. The molecule has 0 aliphatic heterocycles. The zero-order valence-corrected chi connectivity index (χ0v) is 9.52. The number of fused-ring (bicyclic) bond motifs is 1. The molecule has 0 amide bonds. The molecule has 0 saturated carbocycles. The molecule has 1 N–H and O–H groups in total. The third-order valence-electron chi connectivity index (χ3n) is 2.24. The van der Waals surface area contributed by atoms with Crippen LogP contribution in [0.15, 0.2) is 27.4 Å². The van der Waals surface area contributed by atoms with Gasteiger partial charge in [-0.2, -0.15) is 4.98 Å². The highest BCUT2D eigenvalue weighted by molar-refractivity contribution is 6.32. The fraction of sp³-hybridized carbons (Fsp3) is 0.100. The van der Waals surface area contributed by atoms with Crippen LogP contribution in [0.4, 0.5) is 12.0 Å². The van der Waals surface area contributed by atoms with Gasteiger partial charge in [-0.25, -0.2) is 0 Å². The predicted octanol–water partition coefficient (Wildman–Crippen LogP) is 2.92. The van der Waals surface area contributed by atoms with Crippen LogP contribution in [0.1, 0.15) is 5.56 Å². The molecule has 0 aliphatic rings. The van der Waals surface area contributed by atoms with E-state index in [9.17, 15) is 0 Å². The Bertz CT molecular complexity index is 623. The fourth-order valence-electron chi connectivity index (χ4n) is 1.43. The number of oxazole rings is 1. The third-order valence-corrected chi connectivity index (χ3v) is 2.65. The summed E-state index contributed by atoms with van der Waals surface area (Å²) in [5.74, 6) is 0. The number of aryl methyl sites for hydroxylation is 1. The molecule has 3 rings (SSSR count). The fourth-order valence-corrected chi connectivity index (χ4v) is 1.58. The Hall–Kier alpha value is -2.08. The first-order valence-electron chi connectivity index (χ1n) is 4.82. The van der Waals surface area contributed by atoms with Gasteiger partial charge in [0.05, 0.1) is 0 Å². The average Bonchev–Trinajstić information content (AvgIpc) is 2.89. The second kappa shape index (κ2) is 3.74. The maximum absolute atomic E-state index is 5.99. The lowest BCUT2D eigenvalue weighted by molar-refractivity contribution is 0.559. The molecule has 0 spiro atoms. The number of halogens is 1. The minimum atomic E-state index is 0.222. The van der Waals surface area contributed by atoms with Crippen LogP contribution in [0, 0.1) is 6.92 Å². The smallest absolute Gasteiger partial charge is 0.323 e. The van der Waals surface area contributed by atoms with Gasteiger partial charge in [-0.05, 0) is 18.6 Å². The van der Waals surface area contributed by atoms with Crippen molar-refractivity contribution in [1.82, 2.24) is 15.2 Å². The van der Waals surface area contributed by atoms with E-state index in [4.69, 9.17) is 20.4 Å². The van der Waals surface area contributed by atoms with Crippen LogP contribution in [-0.4, -0.2) is 15.2 Å². The number of hydrogen-bond acceptors (Lipinski definition) is 6. The van der Waals surface area contributed by atoms with Gasteiger partial charge in [-0.3, -0.25) is 5.32 Å². The van der Waals surface area contributed by atoms with E-state index in [0.717, 1.165) is 5.56 Å². The van der Waals surface area contributed by atoms with Gasteiger partial charge in [0.15, 0.2) is 5.58 Å². The lowest BCUT2D eigenvalue weighted by atomic mass is 10.2. The Morgan fingerprint density at radius 2 is 2.18 bits per heavy atom. The van der Waals surface area contributed by atoms with Crippen molar-refractivity contribution in [2.45, 2.75) is 6.92 Å². The first-order chi connectivity index (χ1) is 8.22. The molecular weight excluding hydrogens is 244 g/mol. The molecule has 2 heterocycles. The molecule has 86 valence electrons. The Kier molecular flexibility index (Phi) is 2.22. The molecule has 17 heavy (non-hydrogen) atoms. The van der Waals surface area contributed by atoms with E-state index in [1.165, 1.54) is 6.39 Å². The molecular formula is C10H7ClN4O2. The van der Waals surface area contributed by atoms with E-state index in [0.29, 0.717) is 16.1 Å². The summed E-state index contributed by atoms with van der Waals surface area (Å²) in [6.07, 6.45) is 1.21. The number of aromatic nitrogens is 3. The van der Waals surface area contributed by atoms with Crippen molar-refractivity contribution in [3.05, 3.63) is 29.1 Å². The van der Waals surface area contributed by atoms with Crippen LogP contribution >= 0.6 is 11.6 Å². The summed E-state index contributed by atoms with van der Waals surface area (Å²) in [7, 11) is 0. The van der Waals surface area contributed by atoms with Gasteiger partial charge in [-0.1, -0.05) is 16.7 Å². The molecule has 0 atom stereocenters. The summed E-state index contributed by atoms with van der Waals surface area (Å²) in [4.78, 5) is 4.23. The van der Waals surface area contributed by atoms with Crippen molar-refractivity contribution in [3.63, 3.8) is 0 Å². The van der Waals surface area contributed by atoms with E-state index in [2.05, 4.69) is 20.5 Å². The van der Waals surface area contributed by atoms with Gasteiger partial charge in [0, 0.05) is 11.1 Å². The standard InChI is InChI=1S/C10H7ClN4O2/c1-5-2-7-8(3-6(5)11)17-9(13-7)14-10-15-12-4-16-10/h2-4H,1H3,(H,13,14,15). The van der Waals surface area contributed by atoms with Crippen LogP contribution in [0.3, 0.4) is 0 Å². The summed E-state index contributed by atoms with van der Waals surface area (Å²) in [6, 6.07) is 4.07. The summed E-state index contributed by atoms with van der Waals surface area (Å²) >= 11 is 5.99. The highest BCUT2D eigenvalue weighted by atomic mass is 35.5. The Morgan fingerprint density at radius 1 is 1.29 bits per heavy atom. The molecule has 3 aromatic rings. The lowest BCUT2D eigenvalue weighted by Crippen LogP contribution is -1.89. The molecule has 0 unspecified atom stereocenters. The van der Waals surface area contributed by atoms with Gasteiger partial charge in [0.2, 0.25) is 6.39 Å². The van der Waals surface area contributed by atoms with Gasteiger partial charge in [0.25, 0.3) is 0 Å². The van der Waals surface area contributed by atoms with Gasteiger partial charge >= 0.3 is 12.0 Å². The maximum Gasteiger partial charge on any atom is 0.323 e. The van der Waals surface area contributed by atoms with Crippen LogP contribution in [-0.2, 0) is 0 Å². The third kappa shape index (κ3) is 1.83. The van der Waals surface area contributed by atoms with E-state index in [1.807, 2.05) is 13.0 Å². The Labute approximate surface area is 101 Å². The van der Waals surface area contributed by atoms with Crippen LogP contribution in [0.5, 0.6) is 0 Å². The van der Waals surface area contributed by atoms with Crippen molar-refractivity contribution in [2.75, 3.05) is 5.32 Å². The second-order valence-corrected chi connectivity index (χ2v) is 3.86. The number of nitrogens with one attached hydrogen (secondary N) is 1. The van der Waals surface area contributed by atoms with Crippen LogP contribution in [0.25, 0.3) is 11.1 Å². The van der Waals surface area contributed by atoms with Crippen molar-refractivity contribution < 1.29 is 8.83 Å². The van der Waals surface area contributed by atoms with Crippen LogP contribution in [0.2, 0.25) is 5.02 Å². The second-order valence-electron chi connectivity index (χ2n) is 3.46. The molecule has 1 aromatic carbocycles. The highest BCUT2D eigenvalue weighted by Crippen LogP contribution is 2.26. The summed E-state index contributed by atoms with van der Waals surface area (Å²) < 4.78 is 10.4. The molecule has 0 radical (unpaired) electrons. The summed E-state index contributed by atoms with van der Waals surface area (Å²) in [5.41, 5.74) is 2.26. The van der Waals surface area contributed by atoms with E-state index >= 15 is 0 Å². The zero-order valence-electron chi connectivity index (χ0n) is 8.77. The molecule has 0 saturated heterocycles. The quantitative estimate of drug-likeness (QED) is 0.753.